The Labute approximate surface area is 168 Å². The van der Waals surface area contributed by atoms with Crippen LogP contribution in [0.15, 0.2) is 83.1 Å². The average molecular weight is 378 g/mol. The number of rotatable bonds is 4. The Balaban J connectivity index is 1.48. The van der Waals surface area contributed by atoms with E-state index in [1.54, 1.807) is 6.33 Å². The summed E-state index contributed by atoms with van der Waals surface area (Å²) >= 11 is 0. The first-order valence-electron chi connectivity index (χ1n) is 9.54. The SMILES string of the molecule is N#CCC1=CCC(Nc2ncnc3ccc(-c4cc5ccccc5o4)cc23)C=C1. The summed E-state index contributed by atoms with van der Waals surface area (Å²) in [6.07, 6.45) is 9.04. The van der Waals surface area contributed by atoms with E-state index in [2.05, 4.69) is 45.6 Å². The fourth-order valence-corrected chi connectivity index (χ4v) is 3.62. The fourth-order valence-electron chi connectivity index (χ4n) is 3.62. The van der Waals surface area contributed by atoms with Crippen molar-refractivity contribution >= 4 is 27.7 Å². The van der Waals surface area contributed by atoms with Gasteiger partial charge >= 0.3 is 0 Å². The maximum Gasteiger partial charge on any atom is 0.137 e. The van der Waals surface area contributed by atoms with Gasteiger partial charge in [0.25, 0.3) is 0 Å². The van der Waals surface area contributed by atoms with Crippen molar-refractivity contribution in [2.75, 3.05) is 5.32 Å². The highest BCUT2D eigenvalue weighted by Gasteiger charge is 2.13. The van der Waals surface area contributed by atoms with Crippen LogP contribution in [0.3, 0.4) is 0 Å². The third kappa shape index (κ3) is 3.37. The van der Waals surface area contributed by atoms with Gasteiger partial charge in [-0.3, -0.25) is 0 Å². The van der Waals surface area contributed by atoms with Gasteiger partial charge in [-0.1, -0.05) is 36.4 Å². The molecule has 2 aromatic carbocycles. The lowest BCUT2D eigenvalue weighted by Gasteiger charge is -2.18. The van der Waals surface area contributed by atoms with Crippen molar-refractivity contribution in [1.29, 1.82) is 5.26 Å². The summed E-state index contributed by atoms with van der Waals surface area (Å²) < 4.78 is 6.02. The number of nitriles is 1. The molecule has 0 aliphatic heterocycles. The van der Waals surface area contributed by atoms with Gasteiger partial charge in [0, 0.05) is 22.4 Å². The van der Waals surface area contributed by atoms with E-state index in [-0.39, 0.29) is 6.04 Å². The molecule has 0 radical (unpaired) electrons. The fraction of sp³-hybridized carbons (Fsp3) is 0.125. The first kappa shape index (κ1) is 17.2. The molecule has 1 aliphatic carbocycles. The molecule has 5 rings (SSSR count). The first-order valence-corrected chi connectivity index (χ1v) is 9.54. The van der Waals surface area contributed by atoms with Crippen molar-refractivity contribution in [3.63, 3.8) is 0 Å². The topological polar surface area (TPSA) is 74.7 Å². The number of anilines is 1. The number of aromatic nitrogens is 2. The maximum atomic E-state index is 8.84. The molecule has 5 nitrogen and oxygen atoms in total. The largest absolute Gasteiger partial charge is 0.456 e. The molecule has 29 heavy (non-hydrogen) atoms. The van der Waals surface area contributed by atoms with E-state index in [1.807, 2.05) is 42.5 Å². The smallest absolute Gasteiger partial charge is 0.137 e. The Kier molecular flexibility index (Phi) is 4.30. The van der Waals surface area contributed by atoms with Crippen LogP contribution in [0.1, 0.15) is 12.8 Å². The molecule has 0 bridgehead atoms. The Morgan fingerprint density at radius 3 is 2.90 bits per heavy atom. The van der Waals surface area contributed by atoms with E-state index in [9.17, 15) is 0 Å². The number of nitrogens with zero attached hydrogens (tertiary/aromatic N) is 3. The second-order valence-corrected chi connectivity index (χ2v) is 7.06. The van der Waals surface area contributed by atoms with Crippen molar-refractivity contribution in [3.05, 3.63) is 78.7 Å². The highest BCUT2D eigenvalue weighted by atomic mass is 16.3. The highest BCUT2D eigenvalue weighted by molar-refractivity contribution is 5.93. The molecule has 1 unspecified atom stereocenters. The number of allylic oxidation sites excluding steroid dienone is 2. The number of nitrogens with one attached hydrogen (secondary N) is 1. The Morgan fingerprint density at radius 2 is 2.07 bits per heavy atom. The van der Waals surface area contributed by atoms with Crippen LogP contribution >= 0.6 is 0 Å². The lowest BCUT2D eigenvalue weighted by molar-refractivity contribution is 0.631. The van der Waals surface area contributed by atoms with Gasteiger partial charge < -0.3 is 9.73 Å². The minimum absolute atomic E-state index is 0.130. The monoisotopic (exact) mass is 378 g/mol. The quantitative estimate of drug-likeness (QED) is 0.498. The molecule has 2 heterocycles. The van der Waals surface area contributed by atoms with Crippen LogP contribution in [0, 0.1) is 11.3 Å². The third-order valence-electron chi connectivity index (χ3n) is 5.13. The molecule has 1 N–H and O–H groups in total. The normalized spacial score (nSPS) is 16.0. The molecule has 1 atom stereocenters. The number of fused-ring (bicyclic) bond motifs is 2. The van der Waals surface area contributed by atoms with Crippen LogP contribution in [0.5, 0.6) is 0 Å². The third-order valence-corrected chi connectivity index (χ3v) is 5.13. The average Bonchev–Trinajstić information content (AvgIpc) is 3.20. The molecule has 5 heteroatoms. The number of para-hydroxylation sites is 1. The first-order chi connectivity index (χ1) is 14.3. The van der Waals surface area contributed by atoms with Crippen LogP contribution in [0.25, 0.3) is 33.2 Å². The van der Waals surface area contributed by atoms with Gasteiger partial charge in [0.1, 0.15) is 23.5 Å². The predicted octanol–water partition coefficient (Wildman–Crippen LogP) is 5.62. The van der Waals surface area contributed by atoms with Crippen LogP contribution in [0.4, 0.5) is 5.82 Å². The Bertz CT molecular complexity index is 1280. The Morgan fingerprint density at radius 1 is 1.14 bits per heavy atom. The van der Waals surface area contributed by atoms with Crippen LogP contribution in [0.2, 0.25) is 0 Å². The van der Waals surface area contributed by atoms with E-state index in [1.165, 1.54) is 0 Å². The molecule has 0 amide bonds. The molecular weight excluding hydrogens is 360 g/mol. The predicted molar refractivity (Wildman–Crippen MR) is 114 cm³/mol. The summed E-state index contributed by atoms with van der Waals surface area (Å²) in [7, 11) is 0. The van der Waals surface area contributed by atoms with E-state index >= 15 is 0 Å². The zero-order valence-corrected chi connectivity index (χ0v) is 15.7. The summed E-state index contributed by atoms with van der Waals surface area (Å²) in [6, 6.07) is 18.4. The number of benzene rings is 2. The number of furan rings is 1. The van der Waals surface area contributed by atoms with E-state index in [0.717, 1.165) is 51.0 Å². The van der Waals surface area contributed by atoms with E-state index < -0.39 is 0 Å². The summed E-state index contributed by atoms with van der Waals surface area (Å²) in [5.41, 5.74) is 3.80. The van der Waals surface area contributed by atoms with Gasteiger partial charge in [0.15, 0.2) is 0 Å². The van der Waals surface area contributed by atoms with Crippen molar-refractivity contribution < 1.29 is 4.42 Å². The minimum atomic E-state index is 0.130. The zero-order valence-electron chi connectivity index (χ0n) is 15.7. The molecule has 0 fully saturated rings. The van der Waals surface area contributed by atoms with E-state index in [0.29, 0.717) is 6.42 Å². The van der Waals surface area contributed by atoms with Crippen LogP contribution < -0.4 is 5.32 Å². The number of hydrogen-bond donors (Lipinski definition) is 1. The minimum Gasteiger partial charge on any atom is -0.456 e. The standard InChI is InChI=1S/C24H18N4O/c25-12-11-16-5-8-19(9-6-16)28-24-20-13-18(7-10-21(20)26-15-27-24)23-14-17-3-1-2-4-22(17)29-23/h1-8,10,13-15,19H,9,11H2,(H,26,27,28). The van der Waals surface area contributed by atoms with Crippen molar-refractivity contribution in [2.24, 2.45) is 0 Å². The van der Waals surface area contributed by atoms with Crippen molar-refractivity contribution in [1.82, 2.24) is 9.97 Å². The molecule has 0 saturated heterocycles. The maximum absolute atomic E-state index is 8.84. The number of hydrogen-bond acceptors (Lipinski definition) is 5. The highest BCUT2D eigenvalue weighted by Crippen LogP contribution is 2.31. The molecular formula is C24H18N4O. The van der Waals surface area contributed by atoms with Gasteiger partial charge in [0.2, 0.25) is 0 Å². The van der Waals surface area contributed by atoms with Crippen molar-refractivity contribution in [2.45, 2.75) is 18.9 Å². The van der Waals surface area contributed by atoms with E-state index in [4.69, 9.17) is 9.68 Å². The molecule has 140 valence electrons. The summed E-state index contributed by atoms with van der Waals surface area (Å²) in [4.78, 5) is 8.88. The molecule has 0 saturated carbocycles. The second-order valence-electron chi connectivity index (χ2n) is 7.06. The summed E-state index contributed by atoms with van der Waals surface area (Å²) in [5.74, 6) is 1.62. The van der Waals surface area contributed by atoms with Gasteiger partial charge in [-0.2, -0.15) is 5.26 Å². The van der Waals surface area contributed by atoms with Crippen molar-refractivity contribution in [3.8, 4) is 17.4 Å². The van der Waals surface area contributed by atoms with Gasteiger partial charge in [-0.05, 0) is 42.3 Å². The van der Waals surface area contributed by atoms with Gasteiger partial charge in [-0.15, -0.1) is 0 Å². The molecule has 4 aromatic rings. The lowest BCUT2D eigenvalue weighted by atomic mass is 10.0. The Hall–Kier alpha value is -3.91. The summed E-state index contributed by atoms with van der Waals surface area (Å²) in [6.45, 7) is 0. The van der Waals surface area contributed by atoms with Crippen LogP contribution in [-0.4, -0.2) is 16.0 Å². The second kappa shape index (κ2) is 7.25. The molecule has 1 aliphatic rings. The molecule has 2 aromatic heterocycles. The lowest BCUT2D eigenvalue weighted by Crippen LogP contribution is -2.19. The van der Waals surface area contributed by atoms with Crippen LogP contribution in [-0.2, 0) is 0 Å². The summed E-state index contributed by atoms with van der Waals surface area (Å²) in [5, 5.41) is 14.4. The van der Waals surface area contributed by atoms with Gasteiger partial charge in [-0.25, -0.2) is 9.97 Å². The molecule has 0 spiro atoms. The van der Waals surface area contributed by atoms with Gasteiger partial charge in [0.05, 0.1) is 18.0 Å². The zero-order chi connectivity index (χ0) is 19.6.